The van der Waals surface area contributed by atoms with Crippen molar-refractivity contribution in [2.45, 2.75) is 32.6 Å². The number of sulfonamides is 1. The SMILES string of the molecule is CCN(CC)S(=O)(=O)c1cccc(C(=O)OCC(=O)Nc2ccc(C)c(C)c2)c1. The summed E-state index contributed by atoms with van der Waals surface area (Å²) in [6.45, 7) is 7.57. The fourth-order valence-electron chi connectivity index (χ4n) is 2.73. The molecule has 8 heteroatoms. The van der Waals surface area contributed by atoms with Crippen LogP contribution < -0.4 is 5.32 Å². The van der Waals surface area contributed by atoms with Gasteiger partial charge in [-0.1, -0.05) is 26.0 Å². The lowest BCUT2D eigenvalue weighted by atomic mass is 10.1. The Labute approximate surface area is 171 Å². The van der Waals surface area contributed by atoms with E-state index in [9.17, 15) is 18.0 Å². The number of carbonyl (C=O) groups is 2. The largest absolute Gasteiger partial charge is 0.452 e. The van der Waals surface area contributed by atoms with Gasteiger partial charge in [0.15, 0.2) is 6.61 Å². The zero-order valence-electron chi connectivity index (χ0n) is 17.1. The first kappa shape index (κ1) is 22.6. The summed E-state index contributed by atoms with van der Waals surface area (Å²) < 4.78 is 31.5. The van der Waals surface area contributed by atoms with E-state index in [0.717, 1.165) is 11.1 Å². The third-order valence-corrected chi connectivity index (χ3v) is 6.58. The molecule has 0 spiro atoms. The summed E-state index contributed by atoms with van der Waals surface area (Å²) in [7, 11) is -3.69. The van der Waals surface area contributed by atoms with E-state index in [-0.39, 0.29) is 10.5 Å². The molecule has 1 N–H and O–H groups in total. The topological polar surface area (TPSA) is 92.8 Å². The van der Waals surface area contributed by atoms with Gasteiger partial charge in [-0.05, 0) is 55.3 Å². The van der Waals surface area contributed by atoms with Gasteiger partial charge in [-0.15, -0.1) is 0 Å². The van der Waals surface area contributed by atoms with Crippen molar-refractivity contribution >= 4 is 27.6 Å². The number of benzene rings is 2. The van der Waals surface area contributed by atoms with Crippen LogP contribution in [-0.4, -0.2) is 44.3 Å². The van der Waals surface area contributed by atoms with Crippen LogP contribution in [0.5, 0.6) is 0 Å². The first-order valence-corrected chi connectivity index (χ1v) is 10.8. The second-order valence-corrected chi connectivity index (χ2v) is 8.48. The van der Waals surface area contributed by atoms with Gasteiger partial charge in [0.05, 0.1) is 10.5 Å². The smallest absolute Gasteiger partial charge is 0.338 e. The first-order valence-electron chi connectivity index (χ1n) is 9.33. The molecular formula is C21H26N2O5S. The van der Waals surface area contributed by atoms with Crippen LogP contribution in [-0.2, 0) is 19.6 Å². The molecule has 0 saturated carbocycles. The maximum atomic E-state index is 12.6. The van der Waals surface area contributed by atoms with Crippen molar-refractivity contribution in [2.75, 3.05) is 25.0 Å². The monoisotopic (exact) mass is 418 g/mol. The summed E-state index contributed by atoms with van der Waals surface area (Å²) in [6, 6.07) is 11.1. The molecule has 156 valence electrons. The summed E-state index contributed by atoms with van der Waals surface area (Å²) in [5.74, 6) is -1.25. The van der Waals surface area contributed by atoms with Gasteiger partial charge < -0.3 is 10.1 Å². The van der Waals surface area contributed by atoms with Crippen molar-refractivity contribution in [3.8, 4) is 0 Å². The van der Waals surface area contributed by atoms with Gasteiger partial charge in [-0.25, -0.2) is 13.2 Å². The second-order valence-electron chi connectivity index (χ2n) is 6.54. The van der Waals surface area contributed by atoms with Crippen molar-refractivity contribution in [3.63, 3.8) is 0 Å². The van der Waals surface area contributed by atoms with E-state index in [1.54, 1.807) is 19.9 Å². The molecule has 2 aromatic rings. The first-order chi connectivity index (χ1) is 13.7. The van der Waals surface area contributed by atoms with Crippen molar-refractivity contribution in [1.82, 2.24) is 4.31 Å². The minimum Gasteiger partial charge on any atom is -0.452 e. The van der Waals surface area contributed by atoms with E-state index < -0.39 is 28.5 Å². The molecule has 0 aromatic heterocycles. The van der Waals surface area contributed by atoms with Gasteiger partial charge in [0, 0.05) is 18.8 Å². The lowest BCUT2D eigenvalue weighted by Crippen LogP contribution is -2.30. The van der Waals surface area contributed by atoms with Gasteiger partial charge in [0.2, 0.25) is 10.0 Å². The van der Waals surface area contributed by atoms with Crippen LogP contribution in [0.1, 0.15) is 35.3 Å². The average Bonchev–Trinajstić information content (AvgIpc) is 2.69. The highest BCUT2D eigenvalue weighted by atomic mass is 32.2. The Morgan fingerprint density at radius 2 is 1.69 bits per heavy atom. The molecule has 0 saturated heterocycles. The fourth-order valence-corrected chi connectivity index (χ4v) is 4.23. The molecule has 0 aliphatic rings. The van der Waals surface area contributed by atoms with Gasteiger partial charge >= 0.3 is 5.97 Å². The fraction of sp³-hybridized carbons (Fsp3) is 0.333. The number of amides is 1. The summed E-state index contributed by atoms with van der Waals surface area (Å²) in [5.41, 5.74) is 2.82. The molecule has 2 rings (SSSR count). The van der Waals surface area contributed by atoms with E-state index in [0.29, 0.717) is 18.8 Å². The minimum atomic E-state index is -3.69. The van der Waals surface area contributed by atoms with Crippen LogP contribution >= 0.6 is 0 Å². The van der Waals surface area contributed by atoms with Crippen molar-refractivity contribution in [1.29, 1.82) is 0 Å². The molecule has 2 aromatic carbocycles. The Bertz CT molecular complexity index is 998. The zero-order valence-corrected chi connectivity index (χ0v) is 17.9. The predicted octanol–water partition coefficient (Wildman–Crippen LogP) is 3.13. The molecule has 0 aliphatic carbocycles. The Kier molecular flexibility index (Phi) is 7.53. The lowest BCUT2D eigenvalue weighted by molar-refractivity contribution is -0.119. The zero-order chi connectivity index (χ0) is 21.6. The van der Waals surface area contributed by atoms with Crippen molar-refractivity contribution in [3.05, 3.63) is 59.2 Å². The predicted molar refractivity (Wildman–Crippen MR) is 111 cm³/mol. The standard InChI is InChI=1S/C21H26N2O5S/c1-5-23(6-2)29(26,27)19-9-7-8-17(13-19)21(25)28-14-20(24)22-18-11-10-15(3)16(4)12-18/h7-13H,5-6,14H2,1-4H3,(H,22,24). The normalized spacial score (nSPS) is 11.3. The van der Waals surface area contributed by atoms with E-state index in [1.165, 1.54) is 28.6 Å². The number of esters is 1. The molecule has 0 radical (unpaired) electrons. The van der Waals surface area contributed by atoms with Crippen LogP contribution in [0, 0.1) is 13.8 Å². The highest BCUT2D eigenvalue weighted by Gasteiger charge is 2.23. The molecule has 0 unspecified atom stereocenters. The van der Waals surface area contributed by atoms with Crippen LogP contribution in [0.4, 0.5) is 5.69 Å². The van der Waals surface area contributed by atoms with Gasteiger partial charge in [-0.2, -0.15) is 4.31 Å². The molecule has 29 heavy (non-hydrogen) atoms. The number of anilines is 1. The number of hydrogen-bond donors (Lipinski definition) is 1. The number of carbonyl (C=O) groups excluding carboxylic acids is 2. The molecule has 0 fully saturated rings. The van der Waals surface area contributed by atoms with E-state index in [1.807, 2.05) is 26.0 Å². The number of aryl methyl sites for hydroxylation is 2. The Morgan fingerprint density at radius 3 is 2.31 bits per heavy atom. The third kappa shape index (κ3) is 5.65. The maximum Gasteiger partial charge on any atom is 0.338 e. The van der Waals surface area contributed by atoms with Gasteiger partial charge in [0.25, 0.3) is 5.91 Å². The van der Waals surface area contributed by atoms with Gasteiger partial charge in [-0.3, -0.25) is 4.79 Å². The highest BCUT2D eigenvalue weighted by Crippen LogP contribution is 2.18. The van der Waals surface area contributed by atoms with Crippen molar-refractivity contribution in [2.24, 2.45) is 0 Å². The Morgan fingerprint density at radius 1 is 1.00 bits per heavy atom. The number of nitrogens with one attached hydrogen (secondary N) is 1. The number of rotatable bonds is 8. The molecule has 1 amide bonds. The van der Waals surface area contributed by atoms with Crippen LogP contribution in [0.25, 0.3) is 0 Å². The third-order valence-electron chi connectivity index (χ3n) is 4.54. The molecule has 7 nitrogen and oxygen atoms in total. The van der Waals surface area contributed by atoms with Gasteiger partial charge in [0.1, 0.15) is 0 Å². The number of nitrogens with zero attached hydrogens (tertiary/aromatic N) is 1. The maximum absolute atomic E-state index is 12.6. The molecule has 0 atom stereocenters. The molecular weight excluding hydrogens is 392 g/mol. The minimum absolute atomic E-state index is 0.00947. The Balaban J connectivity index is 2.04. The summed E-state index contributed by atoms with van der Waals surface area (Å²) in [4.78, 5) is 24.3. The highest BCUT2D eigenvalue weighted by molar-refractivity contribution is 7.89. The van der Waals surface area contributed by atoms with Crippen LogP contribution in [0.2, 0.25) is 0 Å². The molecule has 0 bridgehead atoms. The number of ether oxygens (including phenoxy) is 1. The second kappa shape index (κ2) is 9.67. The summed E-state index contributed by atoms with van der Waals surface area (Å²) >= 11 is 0. The van der Waals surface area contributed by atoms with Crippen LogP contribution in [0.15, 0.2) is 47.4 Å². The van der Waals surface area contributed by atoms with Crippen molar-refractivity contribution < 1.29 is 22.7 Å². The lowest BCUT2D eigenvalue weighted by Gasteiger charge is -2.18. The molecule has 0 heterocycles. The molecule has 0 aliphatic heterocycles. The quantitative estimate of drug-likeness (QED) is 0.665. The van der Waals surface area contributed by atoms with E-state index >= 15 is 0 Å². The average molecular weight is 419 g/mol. The van der Waals surface area contributed by atoms with Crippen LogP contribution in [0.3, 0.4) is 0 Å². The van der Waals surface area contributed by atoms with E-state index in [2.05, 4.69) is 5.32 Å². The number of hydrogen-bond acceptors (Lipinski definition) is 5. The Hall–Kier alpha value is -2.71. The van der Waals surface area contributed by atoms with E-state index in [4.69, 9.17) is 4.74 Å². The summed E-state index contributed by atoms with van der Waals surface area (Å²) in [6.07, 6.45) is 0. The summed E-state index contributed by atoms with van der Waals surface area (Å²) in [5, 5.41) is 2.66.